The molecule has 2 saturated carbocycles. The number of hydrogen-bond acceptors (Lipinski definition) is 6. The Hall–Kier alpha value is -2.41. The van der Waals surface area contributed by atoms with Gasteiger partial charge in [0.2, 0.25) is 0 Å². The Balaban J connectivity index is 1.62. The van der Waals surface area contributed by atoms with Crippen molar-refractivity contribution in [1.29, 1.82) is 0 Å². The van der Waals surface area contributed by atoms with E-state index in [1.807, 2.05) is 32.0 Å². The van der Waals surface area contributed by atoms with Gasteiger partial charge in [-0.3, -0.25) is 0 Å². The molecular formula is C24H29N3O3S. The summed E-state index contributed by atoms with van der Waals surface area (Å²) in [5, 5.41) is 8.15. The molecule has 3 aromatic rings. The molecule has 31 heavy (non-hydrogen) atoms. The number of nitrogens with one attached hydrogen (secondary N) is 1. The smallest absolute Gasteiger partial charge is 0.179 e. The predicted octanol–water partition coefficient (Wildman–Crippen LogP) is 5.29. The lowest BCUT2D eigenvalue weighted by molar-refractivity contribution is 0.393. The largest absolute Gasteiger partial charge is 0.370 e. The number of fused-ring (bicyclic) bond motifs is 1. The highest BCUT2D eigenvalue weighted by atomic mass is 32.2. The molecule has 6 nitrogen and oxygen atoms in total. The summed E-state index contributed by atoms with van der Waals surface area (Å²) in [7, 11) is -3.45. The summed E-state index contributed by atoms with van der Waals surface area (Å²) < 4.78 is 32.4. The van der Waals surface area contributed by atoms with Gasteiger partial charge in [0.1, 0.15) is 11.6 Å². The maximum Gasteiger partial charge on any atom is 0.179 e. The summed E-state index contributed by atoms with van der Waals surface area (Å²) >= 11 is 0. The van der Waals surface area contributed by atoms with Gasteiger partial charge in [-0.25, -0.2) is 13.4 Å². The fourth-order valence-electron chi connectivity index (χ4n) is 4.74. The minimum absolute atomic E-state index is 0.203. The molecule has 0 radical (unpaired) electrons. The fourth-order valence-corrected chi connectivity index (χ4v) is 6.69. The monoisotopic (exact) mass is 439 g/mol. The maximum absolute atomic E-state index is 13.5. The molecule has 7 heteroatoms. The molecule has 164 valence electrons. The second kappa shape index (κ2) is 7.93. The van der Waals surface area contributed by atoms with Gasteiger partial charge in [-0.05, 0) is 81.2 Å². The number of aromatic nitrogens is 2. The molecule has 0 unspecified atom stereocenters. The molecule has 2 aromatic heterocycles. The van der Waals surface area contributed by atoms with E-state index < -0.39 is 9.84 Å². The summed E-state index contributed by atoms with van der Waals surface area (Å²) in [5.74, 6) is 2.65. The van der Waals surface area contributed by atoms with E-state index in [0.717, 1.165) is 60.8 Å². The van der Waals surface area contributed by atoms with Gasteiger partial charge < -0.3 is 9.84 Å². The van der Waals surface area contributed by atoms with E-state index in [1.54, 1.807) is 6.07 Å². The normalized spacial score (nSPS) is 17.5. The molecule has 0 spiro atoms. The van der Waals surface area contributed by atoms with Crippen LogP contribution in [0.4, 0.5) is 5.82 Å². The van der Waals surface area contributed by atoms with E-state index >= 15 is 0 Å². The average Bonchev–Trinajstić information content (AvgIpc) is 3.33. The summed E-state index contributed by atoms with van der Waals surface area (Å²) in [6, 6.07) is 7.54. The van der Waals surface area contributed by atoms with Crippen molar-refractivity contribution < 1.29 is 12.9 Å². The number of hydrogen-bond donors (Lipinski definition) is 1. The first kappa shape index (κ1) is 20.5. The Kier molecular flexibility index (Phi) is 5.24. The summed E-state index contributed by atoms with van der Waals surface area (Å²) in [5.41, 5.74) is 3.07. The van der Waals surface area contributed by atoms with Crippen LogP contribution < -0.4 is 5.32 Å². The molecule has 5 rings (SSSR count). The zero-order chi connectivity index (χ0) is 21.6. The van der Waals surface area contributed by atoms with E-state index in [4.69, 9.17) is 9.51 Å². The van der Waals surface area contributed by atoms with Gasteiger partial charge >= 0.3 is 0 Å². The van der Waals surface area contributed by atoms with Gasteiger partial charge in [0, 0.05) is 17.5 Å². The van der Waals surface area contributed by atoms with Gasteiger partial charge in [-0.1, -0.05) is 18.0 Å². The number of rotatable bonds is 7. The lowest BCUT2D eigenvalue weighted by atomic mass is 10.0. The van der Waals surface area contributed by atoms with Crippen molar-refractivity contribution in [2.24, 2.45) is 11.8 Å². The van der Waals surface area contributed by atoms with E-state index in [9.17, 15) is 8.42 Å². The van der Waals surface area contributed by atoms with E-state index in [2.05, 4.69) is 10.5 Å². The van der Waals surface area contributed by atoms with Crippen LogP contribution in [0.2, 0.25) is 0 Å². The number of anilines is 1. The van der Waals surface area contributed by atoms with Crippen LogP contribution in [0.1, 0.15) is 50.0 Å². The van der Waals surface area contributed by atoms with Crippen molar-refractivity contribution in [2.45, 2.75) is 57.3 Å². The third kappa shape index (κ3) is 4.20. The summed E-state index contributed by atoms with van der Waals surface area (Å²) in [6.07, 6.45) is 6.76. The minimum atomic E-state index is -3.45. The van der Waals surface area contributed by atoms with Crippen LogP contribution in [0.25, 0.3) is 22.0 Å². The highest BCUT2D eigenvalue weighted by Gasteiger charge is 2.27. The quantitative estimate of drug-likeness (QED) is 0.538. The molecule has 0 bridgehead atoms. The van der Waals surface area contributed by atoms with Crippen molar-refractivity contribution in [3.63, 3.8) is 0 Å². The third-order valence-corrected chi connectivity index (χ3v) is 8.54. The van der Waals surface area contributed by atoms with Crippen LogP contribution in [0.15, 0.2) is 33.7 Å². The number of aryl methyl sites for hydroxylation is 2. The van der Waals surface area contributed by atoms with Crippen molar-refractivity contribution in [1.82, 2.24) is 10.1 Å². The van der Waals surface area contributed by atoms with E-state index in [1.165, 1.54) is 12.8 Å². The molecule has 0 atom stereocenters. The fraction of sp³-hybridized carbons (Fsp3) is 0.500. The molecule has 2 heterocycles. The van der Waals surface area contributed by atoms with Crippen LogP contribution in [-0.4, -0.2) is 30.9 Å². The zero-order valence-electron chi connectivity index (χ0n) is 18.1. The van der Waals surface area contributed by atoms with Crippen LogP contribution in [0.3, 0.4) is 0 Å². The van der Waals surface area contributed by atoms with Gasteiger partial charge in [0.15, 0.2) is 9.84 Å². The van der Waals surface area contributed by atoms with Crippen molar-refractivity contribution in [2.75, 3.05) is 17.6 Å². The zero-order valence-corrected chi connectivity index (χ0v) is 19.0. The third-order valence-electron chi connectivity index (χ3n) is 6.62. The van der Waals surface area contributed by atoms with Crippen molar-refractivity contribution in [3.05, 3.63) is 35.7 Å². The number of benzene rings is 1. The Bertz CT molecular complexity index is 1200. The van der Waals surface area contributed by atoms with Gasteiger partial charge in [-0.15, -0.1) is 0 Å². The average molecular weight is 440 g/mol. The maximum atomic E-state index is 13.5. The standard InChI is InChI=1S/C24H29N3O3S/c1-15-24(16(2)30-27-15)19-11-21-20(9-10-23(26-21)25-13-17-7-8-17)22(12-19)31(28,29)14-18-5-3-4-6-18/h9-12,17-18H,3-8,13-14H2,1-2H3,(H,25,26). The lowest BCUT2D eigenvalue weighted by Gasteiger charge is -2.15. The molecule has 0 amide bonds. The van der Waals surface area contributed by atoms with Gasteiger partial charge in [-0.2, -0.15) is 0 Å². The topological polar surface area (TPSA) is 85.1 Å². The molecular weight excluding hydrogens is 410 g/mol. The number of pyridine rings is 1. The Morgan fingerprint density at radius 3 is 2.52 bits per heavy atom. The molecule has 1 N–H and O–H groups in total. The van der Waals surface area contributed by atoms with Crippen molar-refractivity contribution >= 4 is 26.6 Å². The van der Waals surface area contributed by atoms with Crippen LogP contribution >= 0.6 is 0 Å². The highest BCUT2D eigenvalue weighted by molar-refractivity contribution is 7.91. The number of nitrogens with zero attached hydrogens (tertiary/aromatic N) is 2. The van der Waals surface area contributed by atoms with Gasteiger partial charge in [0.05, 0.1) is 21.9 Å². The lowest BCUT2D eigenvalue weighted by Crippen LogP contribution is -2.15. The Morgan fingerprint density at radius 1 is 1.06 bits per heavy atom. The van der Waals surface area contributed by atoms with Crippen LogP contribution in [0, 0.1) is 25.7 Å². The number of sulfone groups is 1. The highest BCUT2D eigenvalue weighted by Crippen LogP contribution is 2.36. The van der Waals surface area contributed by atoms with Gasteiger partial charge in [0.25, 0.3) is 0 Å². The van der Waals surface area contributed by atoms with E-state index in [0.29, 0.717) is 21.6 Å². The first-order valence-electron chi connectivity index (χ1n) is 11.3. The second-order valence-corrected chi connectivity index (χ2v) is 11.2. The van der Waals surface area contributed by atoms with Crippen LogP contribution in [-0.2, 0) is 9.84 Å². The minimum Gasteiger partial charge on any atom is -0.370 e. The SMILES string of the molecule is Cc1noc(C)c1-c1cc(S(=O)(=O)CC2CCCC2)c2ccc(NCC3CC3)nc2c1. The Morgan fingerprint density at radius 2 is 1.84 bits per heavy atom. The summed E-state index contributed by atoms with van der Waals surface area (Å²) in [6.45, 7) is 4.64. The molecule has 2 fully saturated rings. The van der Waals surface area contributed by atoms with Crippen molar-refractivity contribution in [3.8, 4) is 11.1 Å². The molecule has 0 aliphatic heterocycles. The van der Waals surface area contributed by atoms with E-state index in [-0.39, 0.29) is 11.7 Å². The molecule has 1 aromatic carbocycles. The molecule has 0 saturated heterocycles. The first-order chi connectivity index (χ1) is 14.9. The summed E-state index contributed by atoms with van der Waals surface area (Å²) in [4.78, 5) is 5.15. The molecule has 2 aliphatic rings. The predicted molar refractivity (Wildman–Crippen MR) is 122 cm³/mol. The Labute approximate surface area is 183 Å². The molecule has 2 aliphatic carbocycles. The second-order valence-electron chi connectivity index (χ2n) is 9.19. The van der Waals surface area contributed by atoms with Crippen LogP contribution in [0.5, 0.6) is 0 Å². The first-order valence-corrected chi connectivity index (χ1v) is 12.9.